The van der Waals surface area contributed by atoms with Gasteiger partial charge in [0.05, 0.1) is 33.5 Å². The lowest BCUT2D eigenvalue weighted by atomic mass is 9.47. The Hall–Kier alpha value is -4.27. The smallest absolute Gasteiger partial charge is 0.275 e. The largest absolute Gasteiger partial charge is 0.507 e. The number of phenols is 1. The van der Waals surface area contributed by atoms with Crippen molar-refractivity contribution in [3.05, 3.63) is 128 Å². The molecule has 4 aliphatic rings. The zero-order valence-corrected chi connectivity index (χ0v) is 23.6. The van der Waals surface area contributed by atoms with Crippen molar-refractivity contribution in [3.63, 3.8) is 0 Å². The number of aromatic hydroxyl groups is 1. The van der Waals surface area contributed by atoms with E-state index in [9.17, 15) is 19.5 Å². The topological polar surface area (TPSA) is 99.1 Å². The van der Waals surface area contributed by atoms with Crippen LogP contribution in [0.1, 0.15) is 38.5 Å². The van der Waals surface area contributed by atoms with Gasteiger partial charge in [-0.15, -0.1) is 0 Å². The lowest BCUT2D eigenvalue weighted by molar-refractivity contribution is -0.122. The molecule has 0 aromatic heterocycles. The van der Waals surface area contributed by atoms with Gasteiger partial charge < -0.3 is 5.11 Å². The molecule has 1 fully saturated rings. The SMILES string of the molecule is O=C(N/N=C\C12c3ccccc3C(c3ccccc31)[C@@H]1C(=O)N(c3ccccc3Cl)C(=O)[C@@H]12)c1cc(Br)ccc1O. The number of carbonyl (C=O) groups excluding carboxylic acids is 3. The van der Waals surface area contributed by atoms with Crippen molar-refractivity contribution >= 4 is 57.2 Å². The van der Waals surface area contributed by atoms with Crippen LogP contribution in [0.2, 0.25) is 5.02 Å². The Labute approximate surface area is 248 Å². The van der Waals surface area contributed by atoms with Gasteiger partial charge in [-0.25, -0.2) is 10.3 Å². The first-order valence-electron chi connectivity index (χ1n) is 13.0. The molecular weight excluding hydrogens is 606 g/mol. The number of hydrazone groups is 1. The number of rotatable bonds is 4. The van der Waals surface area contributed by atoms with E-state index >= 15 is 0 Å². The van der Waals surface area contributed by atoms with Gasteiger partial charge in [0.15, 0.2) is 0 Å². The maximum atomic E-state index is 14.4. The van der Waals surface area contributed by atoms with Crippen LogP contribution >= 0.6 is 27.5 Å². The fourth-order valence-corrected chi connectivity index (χ4v) is 7.44. The highest BCUT2D eigenvalue weighted by molar-refractivity contribution is 9.10. The molecule has 1 heterocycles. The Balaban J connectivity index is 1.41. The molecule has 1 saturated heterocycles. The maximum absolute atomic E-state index is 14.4. The summed E-state index contributed by atoms with van der Waals surface area (Å²) in [7, 11) is 0. The number of hydrogen-bond acceptors (Lipinski definition) is 5. The number of nitrogens with zero attached hydrogens (tertiary/aromatic N) is 2. The number of phenolic OH excluding ortho intramolecular Hbond substituents is 1. The molecule has 3 amide bonds. The maximum Gasteiger partial charge on any atom is 0.275 e. The Bertz CT molecular complexity index is 1770. The third-order valence-electron chi connectivity index (χ3n) is 8.41. The number of carbonyl (C=O) groups is 3. The zero-order valence-electron chi connectivity index (χ0n) is 21.3. The van der Waals surface area contributed by atoms with Crippen molar-refractivity contribution in [2.75, 3.05) is 4.90 Å². The van der Waals surface area contributed by atoms with Crippen molar-refractivity contribution < 1.29 is 19.5 Å². The first-order valence-corrected chi connectivity index (χ1v) is 14.2. The minimum absolute atomic E-state index is 0.0390. The quantitative estimate of drug-likeness (QED) is 0.171. The number of imide groups is 1. The molecular formula is C32H21BrClN3O4. The van der Waals surface area contributed by atoms with Gasteiger partial charge in [-0.05, 0) is 52.6 Å². The van der Waals surface area contributed by atoms with Crippen LogP contribution in [0.25, 0.3) is 0 Å². The van der Waals surface area contributed by atoms with Crippen LogP contribution in [-0.2, 0) is 15.0 Å². The normalized spacial score (nSPS) is 23.9. The third kappa shape index (κ3) is 3.57. The predicted octanol–water partition coefficient (Wildman–Crippen LogP) is 5.77. The summed E-state index contributed by atoms with van der Waals surface area (Å²) in [4.78, 5) is 42.8. The molecule has 0 spiro atoms. The molecule has 0 saturated carbocycles. The van der Waals surface area contributed by atoms with Gasteiger partial charge in [-0.2, -0.15) is 5.10 Å². The number of nitrogens with one attached hydrogen (secondary N) is 1. The predicted molar refractivity (Wildman–Crippen MR) is 158 cm³/mol. The van der Waals surface area contributed by atoms with Gasteiger partial charge in [0.2, 0.25) is 11.8 Å². The minimum Gasteiger partial charge on any atom is -0.507 e. The fraction of sp³-hybridized carbons (Fsp3) is 0.125. The van der Waals surface area contributed by atoms with E-state index in [1.807, 2.05) is 48.5 Å². The summed E-state index contributed by atoms with van der Waals surface area (Å²) in [6, 6.07) is 26.9. The van der Waals surface area contributed by atoms with Crippen LogP contribution < -0.4 is 10.3 Å². The second-order valence-corrected chi connectivity index (χ2v) is 11.7. The summed E-state index contributed by atoms with van der Waals surface area (Å²) >= 11 is 9.81. The lowest BCUT2D eigenvalue weighted by Crippen LogP contribution is -2.54. The van der Waals surface area contributed by atoms with E-state index in [4.69, 9.17) is 11.6 Å². The van der Waals surface area contributed by atoms with Crippen LogP contribution in [0, 0.1) is 11.8 Å². The second kappa shape index (κ2) is 9.39. The monoisotopic (exact) mass is 625 g/mol. The van der Waals surface area contributed by atoms with E-state index in [1.54, 1.807) is 36.5 Å². The highest BCUT2D eigenvalue weighted by Gasteiger charge is 2.68. The summed E-state index contributed by atoms with van der Waals surface area (Å²) in [5, 5.41) is 14.9. The number of benzene rings is 4. The number of anilines is 1. The van der Waals surface area contributed by atoms with Gasteiger partial charge >= 0.3 is 0 Å². The Kier molecular flexibility index (Phi) is 5.88. The first-order chi connectivity index (χ1) is 19.8. The van der Waals surface area contributed by atoms with Gasteiger partial charge in [-0.3, -0.25) is 14.4 Å². The summed E-state index contributed by atoms with van der Waals surface area (Å²) in [6.45, 7) is 0. The molecule has 41 heavy (non-hydrogen) atoms. The molecule has 3 aliphatic carbocycles. The van der Waals surface area contributed by atoms with Crippen molar-refractivity contribution in [2.24, 2.45) is 16.9 Å². The number of para-hydroxylation sites is 1. The molecule has 4 aromatic carbocycles. The third-order valence-corrected chi connectivity index (χ3v) is 9.23. The van der Waals surface area contributed by atoms with Crippen molar-refractivity contribution in [1.82, 2.24) is 5.43 Å². The van der Waals surface area contributed by atoms with Crippen LogP contribution in [0.15, 0.2) is 101 Å². The summed E-state index contributed by atoms with van der Waals surface area (Å²) < 4.78 is 0.619. The van der Waals surface area contributed by atoms with Crippen LogP contribution in [0.3, 0.4) is 0 Å². The Morgan fingerprint density at radius 1 is 0.927 bits per heavy atom. The number of amides is 3. The lowest BCUT2D eigenvalue weighted by Gasteiger charge is -2.52. The van der Waals surface area contributed by atoms with E-state index in [0.29, 0.717) is 15.2 Å². The van der Waals surface area contributed by atoms with Crippen LogP contribution in [0.4, 0.5) is 5.69 Å². The molecule has 0 radical (unpaired) electrons. The summed E-state index contributed by atoms with van der Waals surface area (Å²) in [5.41, 5.74) is 5.36. The second-order valence-electron chi connectivity index (χ2n) is 10.3. The summed E-state index contributed by atoms with van der Waals surface area (Å²) in [5.74, 6) is -3.35. The molecule has 2 atom stereocenters. The molecule has 1 aliphatic heterocycles. The molecule has 7 nitrogen and oxygen atoms in total. The molecule has 2 bridgehead atoms. The molecule has 202 valence electrons. The highest BCUT2D eigenvalue weighted by atomic mass is 79.9. The number of hydrogen-bond donors (Lipinski definition) is 2. The van der Waals surface area contributed by atoms with E-state index in [1.165, 1.54) is 17.0 Å². The van der Waals surface area contributed by atoms with Crippen molar-refractivity contribution in [2.45, 2.75) is 11.3 Å². The van der Waals surface area contributed by atoms with Gasteiger partial charge in [-0.1, -0.05) is 88.2 Å². The minimum atomic E-state index is -1.15. The first kappa shape index (κ1) is 25.7. The van der Waals surface area contributed by atoms with Crippen molar-refractivity contribution in [1.29, 1.82) is 0 Å². The summed E-state index contributed by atoms with van der Waals surface area (Å²) in [6.07, 6.45) is 1.58. The van der Waals surface area contributed by atoms with Crippen LogP contribution in [-0.4, -0.2) is 29.0 Å². The standard InChI is InChI=1S/C32H21BrClN3O4/c33-17-13-14-25(38)20(15-17)29(39)36-35-16-32-21-9-3-1-7-18(21)26(19-8-2-4-10-22(19)32)27-28(32)31(41)37(30(27)40)24-12-6-5-11-23(24)34/h1-16,26-28,38H,(H,36,39)/b35-16-/t26?,27-,28+,32?/m0/s1. The van der Waals surface area contributed by atoms with E-state index in [-0.39, 0.29) is 29.0 Å². The van der Waals surface area contributed by atoms with Crippen molar-refractivity contribution in [3.8, 4) is 5.75 Å². The molecule has 0 unspecified atom stereocenters. The van der Waals surface area contributed by atoms with Gasteiger partial charge in [0.25, 0.3) is 5.91 Å². The van der Waals surface area contributed by atoms with E-state index in [0.717, 1.165) is 22.3 Å². The molecule has 2 N–H and O–H groups in total. The fourth-order valence-electron chi connectivity index (χ4n) is 6.86. The van der Waals surface area contributed by atoms with Gasteiger partial charge in [0.1, 0.15) is 5.75 Å². The average Bonchev–Trinajstić information content (AvgIpc) is 3.25. The highest BCUT2D eigenvalue weighted by Crippen LogP contribution is 2.63. The van der Waals surface area contributed by atoms with E-state index in [2.05, 4.69) is 26.5 Å². The van der Waals surface area contributed by atoms with E-state index < -0.39 is 23.2 Å². The zero-order chi connectivity index (χ0) is 28.5. The van der Waals surface area contributed by atoms with Gasteiger partial charge in [0, 0.05) is 16.6 Å². The molecule has 4 aromatic rings. The Morgan fingerprint density at radius 3 is 2.24 bits per heavy atom. The number of halogens is 2. The molecule has 8 rings (SSSR count). The molecule has 9 heteroatoms. The van der Waals surface area contributed by atoms with Crippen LogP contribution in [0.5, 0.6) is 5.75 Å². The average molecular weight is 627 g/mol. The Morgan fingerprint density at radius 2 is 1.56 bits per heavy atom.